The predicted molar refractivity (Wildman–Crippen MR) is 81.9 cm³/mol. The summed E-state index contributed by atoms with van der Waals surface area (Å²) in [5.41, 5.74) is 0.385. The molecule has 1 aromatic carbocycles. The molecule has 0 spiro atoms. The summed E-state index contributed by atoms with van der Waals surface area (Å²) in [5.74, 6) is 1.88. The van der Waals surface area contributed by atoms with Crippen LogP contribution in [0.2, 0.25) is 0 Å². The molecule has 0 amide bonds. The van der Waals surface area contributed by atoms with E-state index in [4.69, 9.17) is 11.6 Å². The van der Waals surface area contributed by atoms with Crippen LogP contribution >= 0.6 is 23.4 Å². The van der Waals surface area contributed by atoms with E-state index >= 15 is 0 Å². The van der Waals surface area contributed by atoms with Gasteiger partial charge in [-0.15, -0.1) is 11.6 Å². The highest BCUT2D eigenvalue weighted by Crippen LogP contribution is 2.31. The quantitative estimate of drug-likeness (QED) is 0.549. The summed E-state index contributed by atoms with van der Waals surface area (Å²) in [7, 11) is 0. The standard InChI is InChI=1S/C14H16ClF3N2S/c1-21-7-3-2-6-20-12-5-4-10(14(16,17)18)8-11(12)19-13(20)9-15/h4-5,8H,2-3,6-7,9H2,1H3. The average Bonchev–Trinajstić information content (AvgIpc) is 2.79. The molecule has 2 rings (SSSR count). The van der Waals surface area contributed by atoms with Crippen molar-refractivity contribution in [2.24, 2.45) is 0 Å². The van der Waals surface area contributed by atoms with Crippen molar-refractivity contribution >= 4 is 34.4 Å². The number of alkyl halides is 4. The Morgan fingerprint density at radius 2 is 2.05 bits per heavy atom. The fraction of sp³-hybridized carbons (Fsp3) is 0.500. The van der Waals surface area contributed by atoms with Gasteiger partial charge >= 0.3 is 6.18 Å². The number of hydrogen-bond acceptors (Lipinski definition) is 2. The van der Waals surface area contributed by atoms with Gasteiger partial charge in [-0.3, -0.25) is 0 Å². The molecule has 0 radical (unpaired) electrons. The second-order valence-corrected chi connectivity index (χ2v) is 5.97. The highest BCUT2D eigenvalue weighted by molar-refractivity contribution is 7.98. The number of hydrogen-bond donors (Lipinski definition) is 0. The van der Waals surface area contributed by atoms with Crippen LogP contribution in [0.25, 0.3) is 11.0 Å². The zero-order valence-corrected chi connectivity index (χ0v) is 13.2. The largest absolute Gasteiger partial charge is 0.416 e. The fourth-order valence-electron chi connectivity index (χ4n) is 2.22. The molecule has 1 heterocycles. The number of nitrogens with zero attached hydrogens (tertiary/aromatic N) is 2. The predicted octanol–water partition coefficient (Wildman–Crippen LogP) is 4.94. The zero-order valence-electron chi connectivity index (χ0n) is 11.6. The normalized spacial score (nSPS) is 12.2. The molecule has 1 aromatic heterocycles. The summed E-state index contributed by atoms with van der Waals surface area (Å²) < 4.78 is 40.1. The van der Waals surface area contributed by atoms with Gasteiger partial charge < -0.3 is 4.57 Å². The number of aryl methyl sites for hydroxylation is 1. The van der Waals surface area contributed by atoms with E-state index in [9.17, 15) is 13.2 Å². The third-order valence-electron chi connectivity index (χ3n) is 3.25. The lowest BCUT2D eigenvalue weighted by Crippen LogP contribution is -2.05. The average molecular weight is 337 g/mol. The molecule has 7 heteroatoms. The molecule has 116 valence electrons. The van der Waals surface area contributed by atoms with Gasteiger partial charge in [0.25, 0.3) is 0 Å². The number of aromatic nitrogens is 2. The summed E-state index contributed by atoms with van der Waals surface area (Å²) >= 11 is 7.64. The van der Waals surface area contributed by atoms with Gasteiger partial charge in [-0.2, -0.15) is 24.9 Å². The summed E-state index contributed by atoms with van der Waals surface area (Å²) in [6.45, 7) is 0.727. The third-order valence-corrected chi connectivity index (χ3v) is 4.19. The van der Waals surface area contributed by atoms with Gasteiger partial charge in [0.1, 0.15) is 5.82 Å². The zero-order chi connectivity index (χ0) is 15.5. The third kappa shape index (κ3) is 3.86. The van der Waals surface area contributed by atoms with E-state index in [-0.39, 0.29) is 5.88 Å². The molecule has 0 unspecified atom stereocenters. The molecule has 0 aliphatic heterocycles. The molecule has 0 N–H and O–H groups in total. The lowest BCUT2D eigenvalue weighted by molar-refractivity contribution is -0.137. The van der Waals surface area contributed by atoms with Crippen molar-refractivity contribution in [3.63, 3.8) is 0 Å². The van der Waals surface area contributed by atoms with Crippen LogP contribution in [0.3, 0.4) is 0 Å². The summed E-state index contributed by atoms with van der Waals surface area (Å²) in [4.78, 5) is 4.23. The monoisotopic (exact) mass is 336 g/mol. The lowest BCUT2D eigenvalue weighted by atomic mass is 10.2. The van der Waals surface area contributed by atoms with Crippen LogP contribution < -0.4 is 0 Å². The SMILES string of the molecule is CSCCCCn1c(CCl)nc2cc(C(F)(F)F)ccc21. The van der Waals surface area contributed by atoms with Crippen LogP contribution in [0.1, 0.15) is 24.2 Å². The van der Waals surface area contributed by atoms with Crippen molar-refractivity contribution in [1.29, 1.82) is 0 Å². The van der Waals surface area contributed by atoms with Crippen LogP contribution in [-0.2, 0) is 18.6 Å². The van der Waals surface area contributed by atoms with E-state index in [2.05, 4.69) is 11.2 Å². The maximum absolute atomic E-state index is 12.7. The van der Waals surface area contributed by atoms with Crippen molar-refractivity contribution in [2.75, 3.05) is 12.0 Å². The van der Waals surface area contributed by atoms with Crippen molar-refractivity contribution in [3.05, 3.63) is 29.6 Å². The molecule has 0 atom stereocenters. The second kappa shape index (κ2) is 6.92. The molecular weight excluding hydrogens is 321 g/mol. The number of benzene rings is 1. The van der Waals surface area contributed by atoms with E-state index in [0.717, 1.165) is 37.3 Å². The molecule has 0 saturated heterocycles. The molecular formula is C14H16ClF3N2S. The fourth-order valence-corrected chi connectivity index (χ4v) is 2.92. The minimum atomic E-state index is -4.35. The van der Waals surface area contributed by atoms with Gasteiger partial charge in [-0.1, -0.05) is 0 Å². The number of fused-ring (bicyclic) bond motifs is 1. The first-order valence-electron chi connectivity index (χ1n) is 6.58. The van der Waals surface area contributed by atoms with Crippen LogP contribution in [0.15, 0.2) is 18.2 Å². The van der Waals surface area contributed by atoms with E-state index in [1.54, 1.807) is 11.8 Å². The Kier molecular flexibility index (Phi) is 5.43. The van der Waals surface area contributed by atoms with Crippen molar-refractivity contribution in [3.8, 4) is 0 Å². The Labute approximate surface area is 130 Å². The van der Waals surface area contributed by atoms with Gasteiger partial charge in [0.15, 0.2) is 0 Å². The topological polar surface area (TPSA) is 17.8 Å². The van der Waals surface area contributed by atoms with Crippen molar-refractivity contribution in [1.82, 2.24) is 9.55 Å². The molecule has 0 saturated carbocycles. The highest BCUT2D eigenvalue weighted by Gasteiger charge is 2.31. The number of thioether (sulfide) groups is 1. The van der Waals surface area contributed by atoms with Gasteiger partial charge in [0.05, 0.1) is 22.5 Å². The lowest BCUT2D eigenvalue weighted by Gasteiger charge is -2.08. The van der Waals surface area contributed by atoms with E-state index in [0.29, 0.717) is 16.9 Å². The molecule has 0 bridgehead atoms. The number of halogens is 4. The number of unbranched alkanes of at least 4 members (excludes halogenated alkanes) is 1. The molecule has 0 fully saturated rings. The Morgan fingerprint density at radius 1 is 1.29 bits per heavy atom. The minimum Gasteiger partial charge on any atom is -0.327 e. The first-order chi connectivity index (χ1) is 9.97. The van der Waals surface area contributed by atoms with Crippen LogP contribution in [0, 0.1) is 0 Å². The van der Waals surface area contributed by atoms with Gasteiger partial charge in [0.2, 0.25) is 0 Å². The molecule has 2 nitrogen and oxygen atoms in total. The summed E-state index contributed by atoms with van der Waals surface area (Å²) in [5, 5.41) is 0. The van der Waals surface area contributed by atoms with Gasteiger partial charge in [-0.05, 0) is 43.0 Å². The molecule has 0 aliphatic carbocycles. The van der Waals surface area contributed by atoms with Crippen LogP contribution in [0.5, 0.6) is 0 Å². The van der Waals surface area contributed by atoms with E-state index in [1.807, 2.05) is 4.57 Å². The maximum Gasteiger partial charge on any atom is 0.416 e. The van der Waals surface area contributed by atoms with Crippen LogP contribution in [-0.4, -0.2) is 21.6 Å². The molecule has 2 aromatic rings. The van der Waals surface area contributed by atoms with Gasteiger partial charge in [0, 0.05) is 6.54 Å². The Morgan fingerprint density at radius 3 is 2.67 bits per heavy atom. The van der Waals surface area contributed by atoms with E-state index < -0.39 is 11.7 Å². The minimum absolute atomic E-state index is 0.193. The van der Waals surface area contributed by atoms with Crippen molar-refractivity contribution in [2.45, 2.75) is 31.4 Å². The van der Waals surface area contributed by atoms with Crippen LogP contribution in [0.4, 0.5) is 13.2 Å². The van der Waals surface area contributed by atoms with E-state index in [1.165, 1.54) is 6.07 Å². The first-order valence-corrected chi connectivity index (χ1v) is 8.51. The van der Waals surface area contributed by atoms with Gasteiger partial charge in [-0.25, -0.2) is 4.98 Å². The molecule has 0 aliphatic rings. The Bertz CT molecular complexity index is 610. The highest BCUT2D eigenvalue weighted by atomic mass is 35.5. The Hall–Kier alpha value is -0.880. The summed E-state index contributed by atoms with van der Waals surface area (Å²) in [6.07, 6.45) is -0.284. The second-order valence-electron chi connectivity index (χ2n) is 4.71. The maximum atomic E-state index is 12.7. The number of imidazole rings is 1. The molecule has 21 heavy (non-hydrogen) atoms. The smallest absolute Gasteiger partial charge is 0.327 e. The van der Waals surface area contributed by atoms with Crippen molar-refractivity contribution < 1.29 is 13.2 Å². The first kappa shape index (κ1) is 16.5. The summed E-state index contributed by atoms with van der Waals surface area (Å²) in [6, 6.07) is 3.67. The number of rotatable bonds is 6. The Balaban J connectivity index is 2.31.